The van der Waals surface area contributed by atoms with E-state index in [1.807, 2.05) is 0 Å². The first-order chi connectivity index (χ1) is 8.08. The van der Waals surface area contributed by atoms with E-state index in [4.69, 9.17) is 5.73 Å². The standard InChI is InChI=1S/C15H26N2/c1-5-17(15(11-16)10-12(2)3)14-8-6-13(4)7-9-14/h6-9,12,15H,5,10-11,16H2,1-4H3. The Kier molecular flexibility index (Phi) is 5.49. The number of hydrogen-bond acceptors (Lipinski definition) is 2. The molecule has 0 radical (unpaired) electrons. The SMILES string of the molecule is CCN(c1ccc(C)cc1)C(CN)CC(C)C. The summed E-state index contributed by atoms with van der Waals surface area (Å²) in [7, 11) is 0. The van der Waals surface area contributed by atoms with Crippen LogP contribution in [0.25, 0.3) is 0 Å². The van der Waals surface area contributed by atoms with E-state index in [9.17, 15) is 0 Å². The van der Waals surface area contributed by atoms with E-state index in [0.717, 1.165) is 19.5 Å². The van der Waals surface area contributed by atoms with E-state index in [1.54, 1.807) is 0 Å². The molecular weight excluding hydrogens is 208 g/mol. The van der Waals surface area contributed by atoms with Crippen LogP contribution in [0.5, 0.6) is 0 Å². The van der Waals surface area contributed by atoms with Crippen LogP contribution >= 0.6 is 0 Å². The molecule has 96 valence electrons. The predicted molar refractivity (Wildman–Crippen MR) is 76.5 cm³/mol. The first-order valence-corrected chi connectivity index (χ1v) is 6.61. The van der Waals surface area contributed by atoms with Gasteiger partial charge in [-0.15, -0.1) is 0 Å². The average Bonchev–Trinajstić information content (AvgIpc) is 2.30. The summed E-state index contributed by atoms with van der Waals surface area (Å²) in [5, 5.41) is 0. The summed E-state index contributed by atoms with van der Waals surface area (Å²) < 4.78 is 0. The van der Waals surface area contributed by atoms with Crippen LogP contribution in [-0.4, -0.2) is 19.1 Å². The van der Waals surface area contributed by atoms with Crippen molar-refractivity contribution in [1.82, 2.24) is 0 Å². The highest BCUT2D eigenvalue weighted by Crippen LogP contribution is 2.20. The van der Waals surface area contributed by atoms with Gasteiger partial charge < -0.3 is 10.6 Å². The number of anilines is 1. The van der Waals surface area contributed by atoms with Crippen molar-refractivity contribution in [3.05, 3.63) is 29.8 Å². The molecule has 0 spiro atoms. The van der Waals surface area contributed by atoms with Crippen molar-refractivity contribution in [2.45, 2.75) is 40.2 Å². The minimum Gasteiger partial charge on any atom is -0.368 e. The van der Waals surface area contributed by atoms with Gasteiger partial charge in [0.25, 0.3) is 0 Å². The van der Waals surface area contributed by atoms with E-state index in [-0.39, 0.29) is 0 Å². The molecule has 0 bridgehead atoms. The molecule has 0 amide bonds. The Hall–Kier alpha value is -1.02. The molecular formula is C15H26N2. The smallest absolute Gasteiger partial charge is 0.0414 e. The van der Waals surface area contributed by atoms with Crippen LogP contribution in [0.1, 0.15) is 32.8 Å². The predicted octanol–water partition coefficient (Wildman–Crippen LogP) is 3.19. The summed E-state index contributed by atoms with van der Waals surface area (Å²) in [6.45, 7) is 10.6. The van der Waals surface area contributed by atoms with Gasteiger partial charge in [-0.25, -0.2) is 0 Å². The van der Waals surface area contributed by atoms with Crippen molar-refractivity contribution in [2.75, 3.05) is 18.0 Å². The monoisotopic (exact) mass is 234 g/mol. The third-order valence-electron chi connectivity index (χ3n) is 3.16. The molecule has 2 N–H and O–H groups in total. The van der Waals surface area contributed by atoms with E-state index in [1.165, 1.54) is 11.3 Å². The average molecular weight is 234 g/mol. The number of hydrogen-bond donors (Lipinski definition) is 1. The molecule has 1 unspecified atom stereocenters. The third-order valence-corrected chi connectivity index (χ3v) is 3.16. The van der Waals surface area contributed by atoms with Crippen LogP contribution < -0.4 is 10.6 Å². The Balaban J connectivity index is 2.84. The molecule has 0 aliphatic carbocycles. The van der Waals surface area contributed by atoms with Crippen LogP contribution in [0.3, 0.4) is 0 Å². The molecule has 1 aromatic carbocycles. The van der Waals surface area contributed by atoms with Gasteiger partial charge in [-0.2, -0.15) is 0 Å². The van der Waals surface area contributed by atoms with Crippen molar-refractivity contribution in [3.8, 4) is 0 Å². The van der Waals surface area contributed by atoms with Gasteiger partial charge >= 0.3 is 0 Å². The van der Waals surface area contributed by atoms with Gasteiger partial charge in [-0.05, 0) is 38.3 Å². The Morgan fingerprint density at radius 3 is 2.18 bits per heavy atom. The molecule has 0 aromatic heterocycles. The van der Waals surface area contributed by atoms with Gasteiger partial charge in [-0.1, -0.05) is 31.5 Å². The molecule has 1 aromatic rings. The number of nitrogens with zero attached hydrogens (tertiary/aromatic N) is 1. The van der Waals surface area contributed by atoms with Crippen LogP contribution in [0.15, 0.2) is 24.3 Å². The Labute approximate surface area is 106 Å². The van der Waals surface area contributed by atoms with Gasteiger partial charge in [0.1, 0.15) is 0 Å². The molecule has 1 rings (SSSR count). The van der Waals surface area contributed by atoms with Gasteiger partial charge in [0.15, 0.2) is 0 Å². The third kappa shape index (κ3) is 4.04. The van der Waals surface area contributed by atoms with E-state index in [0.29, 0.717) is 12.0 Å². The first-order valence-electron chi connectivity index (χ1n) is 6.61. The lowest BCUT2D eigenvalue weighted by atomic mass is 10.0. The first kappa shape index (κ1) is 14.0. The number of likely N-dealkylation sites (N-methyl/N-ethyl adjacent to an activating group) is 1. The molecule has 2 nitrogen and oxygen atoms in total. The minimum absolute atomic E-state index is 0.447. The number of benzene rings is 1. The summed E-state index contributed by atoms with van der Waals surface area (Å²) in [5.41, 5.74) is 8.51. The summed E-state index contributed by atoms with van der Waals surface area (Å²) >= 11 is 0. The highest BCUT2D eigenvalue weighted by Gasteiger charge is 2.17. The fourth-order valence-corrected chi connectivity index (χ4v) is 2.28. The van der Waals surface area contributed by atoms with Crippen LogP contribution in [0.4, 0.5) is 5.69 Å². The molecule has 17 heavy (non-hydrogen) atoms. The molecule has 2 heteroatoms. The molecule has 0 aliphatic heterocycles. The molecule has 1 atom stereocenters. The zero-order valence-corrected chi connectivity index (χ0v) is 11.6. The second-order valence-electron chi connectivity index (χ2n) is 5.14. The van der Waals surface area contributed by atoms with Crippen molar-refractivity contribution in [1.29, 1.82) is 0 Å². The lowest BCUT2D eigenvalue weighted by Crippen LogP contribution is -2.41. The van der Waals surface area contributed by atoms with E-state index >= 15 is 0 Å². The Morgan fingerprint density at radius 2 is 1.76 bits per heavy atom. The summed E-state index contributed by atoms with van der Waals surface area (Å²) in [6.07, 6.45) is 1.15. The minimum atomic E-state index is 0.447. The topological polar surface area (TPSA) is 29.3 Å². The number of nitrogens with two attached hydrogens (primary N) is 1. The molecule has 0 aliphatic rings. The maximum Gasteiger partial charge on any atom is 0.0414 e. The number of aryl methyl sites for hydroxylation is 1. The second kappa shape index (κ2) is 6.65. The molecule has 0 fully saturated rings. The lowest BCUT2D eigenvalue weighted by molar-refractivity contribution is 0.474. The Bertz CT molecular complexity index is 316. The normalized spacial score (nSPS) is 12.8. The van der Waals surface area contributed by atoms with Crippen LogP contribution in [0, 0.1) is 12.8 Å². The highest BCUT2D eigenvalue weighted by atomic mass is 15.2. The fraction of sp³-hybridized carbons (Fsp3) is 0.600. The maximum atomic E-state index is 5.92. The van der Waals surface area contributed by atoms with Gasteiger partial charge in [-0.3, -0.25) is 0 Å². The van der Waals surface area contributed by atoms with Crippen molar-refractivity contribution >= 4 is 5.69 Å². The van der Waals surface area contributed by atoms with Crippen molar-refractivity contribution in [2.24, 2.45) is 11.7 Å². The highest BCUT2D eigenvalue weighted by molar-refractivity contribution is 5.48. The lowest BCUT2D eigenvalue weighted by Gasteiger charge is -2.33. The van der Waals surface area contributed by atoms with Gasteiger partial charge in [0.05, 0.1) is 0 Å². The van der Waals surface area contributed by atoms with Gasteiger partial charge in [0, 0.05) is 24.8 Å². The van der Waals surface area contributed by atoms with E-state index in [2.05, 4.69) is 56.9 Å². The van der Waals surface area contributed by atoms with Gasteiger partial charge in [0.2, 0.25) is 0 Å². The Morgan fingerprint density at radius 1 is 1.18 bits per heavy atom. The largest absolute Gasteiger partial charge is 0.368 e. The number of rotatable bonds is 6. The molecule has 0 heterocycles. The second-order valence-corrected chi connectivity index (χ2v) is 5.14. The van der Waals surface area contributed by atoms with E-state index < -0.39 is 0 Å². The summed E-state index contributed by atoms with van der Waals surface area (Å²) in [5.74, 6) is 0.683. The van der Waals surface area contributed by atoms with Crippen molar-refractivity contribution < 1.29 is 0 Å². The van der Waals surface area contributed by atoms with Crippen molar-refractivity contribution in [3.63, 3.8) is 0 Å². The summed E-state index contributed by atoms with van der Waals surface area (Å²) in [4.78, 5) is 2.42. The quantitative estimate of drug-likeness (QED) is 0.819. The zero-order chi connectivity index (χ0) is 12.8. The van der Waals surface area contributed by atoms with Crippen LogP contribution in [0.2, 0.25) is 0 Å². The molecule has 0 saturated heterocycles. The maximum absolute atomic E-state index is 5.92. The molecule has 0 saturated carbocycles. The fourth-order valence-electron chi connectivity index (χ4n) is 2.28. The summed E-state index contributed by atoms with van der Waals surface area (Å²) in [6, 6.07) is 9.17. The van der Waals surface area contributed by atoms with Crippen LogP contribution in [-0.2, 0) is 0 Å². The zero-order valence-electron chi connectivity index (χ0n) is 11.6.